The first-order chi connectivity index (χ1) is 10.2. The molecule has 0 aromatic heterocycles. The highest BCUT2D eigenvalue weighted by Gasteiger charge is 2.22. The molecule has 0 aliphatic carbocycles. The van der Waals surface area contributed by atoms with E-state index >= 15 is 0 Å². The second-order valence-electron chi connectivity index (χ2n) is 4.57. The van der Waals surface area contributed by atoms with Gasteiger partial charge in [0, 0.05) is 31.8 Å². The van der Waals surface area contributed by atoms with E-state index in [0.29, 0.717) is 0 Å². The molecule has 0 spiro atoms. The summed E-state index contributed by atoms with van der Waals surface area (Å²) >= 11 is 0. The molecule has 0 bridgehead atoms. The highest BCUT2D eigenvalue weighted by molar-refractivity contribution is 5.14. The molecule has 0 radical (unpaired) electrons. The van der Waals surface area contributed by atoms with E-state index in [2.05, 4.69) is 0 Å². The van der Waals surface area contributed by atoms with Crippen molar-refractivity contribution < 1.29 is 26.3 Å². The van der Waals surface area contributed by atoms with Gasteiger partial charge in [-0.2, -0.15) is 26.3 Å². The lowest BCUT2D eigenvalue weighted by molar-refractivity contribution is -0.0808. The molecule has 0 saturated carbocycles. The molecule has 0 unspecified atom stereocenters. The van der Waals surface area contributed by atoms with E-state index in [9.17, 15) is 26.3 Å². The number of hydrogen-bond donors (Lipinski definition) is 0. The predicted octanol–water partition coefficient (Wildman–Crippen LogP) is 4.73. The summed E-state index contributed by atoms with van der Waals surface area (Å²) < 4.78 is 72.4. The number of benzene rings is 1. The Morgan fingerprint density at radius 2 is 1.23 bits per heavy atom. The minimum Gasteiger partial charge on any atom is -0.292 e. The Labute approximate surface area is 124 Å². The van der Waals surface area contributed by atoms with Crippen LogP contribution >= 0.6 is 0 Å². The molecule has 1 aromatic carbocycles. The quantitative estimate of drug-likeness (QED) is 0.540. The zero-order valence-electron chi connectivity index (χ0n) is 11.5. The Hall–Kier alpha value is -1.76. The highest BCUT2D eigenvalue weighted by Crippen LogP contribution is 2.17. The third-order valence-electron chi connectivity index (χ3n) is 2.59. The fourth-order valence-corrected chi connectivity index (χ4v) is 1.72. The van der Waals surface area contributed by atoms with Crippen LogP contribution in [0.2, 0.25) is 0 Å². The van der Waals surface area contributed by atoms with Crippen LogP contribution in [0.3, 0.4) is 0 Å². The number of nitrogens with zero attached hydrogens (tertiary/aromatic N) is 1. The van der Waals surface area contributed by atoms with Gasteiger partial charge in [-0.05, 0) is 5.56 Å². The lowest BCUT2D eigenvalue weighted by Crippen LogP contribution is -2.24. The van der Waals surface area contributed by atoms with Gasteiger partial charge in [0.15, 0.2) is 0 Å². The van der Waals surface area contributed by atoms with Crippen molar-refractivity contribution in [2.45, 2.75) is 18.9 Å². The van der Waals surface area contributed by atoms with Gasteiger partial charge < -0.3 is 0 Å². The smallest absolute Gasteiger partial charge is 0.292 e. The van der Waals surface area contributed by atoms with Crippen LogP contribution in [0.1, 0.15) is 5.56 Å². The predicted molar refractivity (Wildman–Crippen MR) is 72.1 cm³/mol. The molecule has 0 N–H and O–H groups in total. The molecule has 0 fully saturated rings. The molecule has 0 saturated heterocycles. The second kappa shape index (κ2) is 8.03. The van der Waals surface area contributed by atoms with E-state index in [1.165, 1.54) is 4.90 Å². The normalized spacial score (nSPS) is 13.6. The fourth-order valence-electron chi connectivity index (χ4n) is 1.72. The molecule has 0 aliphatic heterocycles. The van der Waals surface area contributed by atoms with Crippen LogP contribution in [0.5, 0.6) is 0 Å². The first-order valence-electron chi connectivity index (χ1n) is 6.41. The van der Waals surface area contributed by atoms with E-state index in [1.807, 2.05) is 0 Å². The molecule has 7 heteroatoms. The second-order valence-corrected chi connectivity index (χ2v) is 4.57. The van der Waals surface area contributed by atoms with Gasteiger partial charge in [-0.25, -0.2) is 0 Å². The van der Waals surface area contributed by atoms with Crippen molar-refractivity contribution in [2.75, 3.05) is 13.1 Å². The summed E-state index contributed by atoms with van der Waals surface area (Å²) in [6.45, 7) is 0.0540. The summed E-state index contributed by atoms with van der Waals surface area (Å²) in [5.74, 6) is 0. The van der Waals surface area contributed by atoms with Crippen LogP contribution in [0.25, 0.3) is 0 Å². The third-order valence-corrected chi connectivity index (χ3v) is 2.59. The van der Waals surface area contributed by atoms with Crippen molar-refractivity contribution in [3.8, 4) is 0 Å². The molecule has 1 aromatic rings. The SMILES string of the molecule is FC(F)(F)/C=C/CN(C/C=C/C(F)(F)F)Cc1ccccc1. The van der Waals surface area contributed by atoms with Crippen molar-refractivity contribution in [1.82, 2.24) is 4.90 Å². The number of allylic oxidation sites excluding steroid dienone is 2. The minimum atomic E-state index is -4.43. The first kappa shape index (κ1) is 18.3. The Morgan fingerprint density at radius 1 is 0.773 bits per heavy atom. The fraction of sp³-hybridized carbons (Fsp3) is 0.333. The summed E-state index contributed by atoms with van der Waals surface area (Å²) in [7, 11) is 0. The molecule has 0 aliphatic rings. The maximum Gasteiger partial charge on any atom is 0.409 e. The van der Waals surface area contributed by atoms with Crippen molar-refractivity contribution in [3.63, 3.8) is 0 Å². The minimum absolute atomic E-state index is 0.0818. The van der Waals surface area contributed by atoms with Gasteiger partial charge in [-0.3, -0.25) is 4.90 Å². The molecule has 0 heterocycles. The van der Waals surface area contributed by atoms with Crippen LogP contribution in [-0.4, -0.2) is 30.3 Å². The van der Waals surface area contributed by atoms with Gasteiger partial charge in [0.1, 0.15) is 0 Å². The first-order valence-corrected chi connectivity index (χ1v) is 6.41. The lowest BCUT2D eigenvalue weighted by Gasteiger charge is -2.19. The zero-order chi connectivity index (χ0) is 16.6. The molecule has 0 atom stereocenters. The molecular weight excluding hydrogens is 308 g/mol. The molecular formula is C15H15F6N. The van der Waals surface area contributed by atoms with E-state index in [1.54, 1.807) is 30.3 Å². The van der Waals surface area contributed by atoms with Crippen molar-refractivity contribution in [1.29, 1.82) is 0 Å². The Bertz CT molecular complexity index is 461. The van der Waals surface area contributed by atoms with Gasteiger partial charge >= 0.3 is 12.4 Å². The maximum absolute atomic E-state index is 12.1. The van der Waals surface area contributed by atoms with Crippen LogP contribution in [0.15, 0.2) is 54.6 Å². The van der Waals surface area contributed by atoms with Crippen LogP contribution < -0.4 is 0 Å². The molecule has 122 valence electrons. The van der Waals surface area contributed by atoms with Crippen molar-refractivity contribution in [3.05, 3.63) is 60.2 Å². The Kier molecular flexibility index (Phi) is 6.67. The average molecular weight is 323 g/mol. The van der Waals surface area contributed by atoms with Crippen molar-refractivity contribution >= 4 is 0 Å². The summed E-state index contributed by atoms with van der Waals surface area (Å²) in [6.07, 6.45) is -6.91. The summed E-state index contributed by atoms with van der Waals surface area (Å²) in [6, 6.07) is 8.80. The zero-order valence-corrected chi connectivity index (χ0v) is 11.5. The molecule has 1 rings (SSSR count). The van der Waals surface area contributed by atoms with Crippen LogP contribution in [-0.2, 0) is 6.54 Å². The van der Waals surface area contributed by atoms with Gasteiger partial charge in [0.05, 0.1) is 0 Å². The van der Waals surface area contributed by atoms with E-state index in [4.69, 9.17) is 0 Å². The Morgan fingerprint density at radius 3 is 1.64 bits per heavy atom. The largest absolute Gasteiger partial charge is 0.409 e. The standard InChI is InChI=1S/C15H15F6N/c16-14(17,18)8-4-10-22(11-5-9-15(19,20)21)12-13-6-2-1-3-7-13/h1-9H,10-12H2/b8-4+,9-5+. The summed E-state index contributed by atoms with van der Waals surface area (Å²) in [5.41, 5.74) is 0.809. The average Bonchev–Trinajstić information content (AvgIpc) is 2.36. The van der Waals surface area contributed by atoms with Gasteiger partial charge in [0.25, 0.3) is 0 Å². The van der Waals surface area contributed by atoms with Gasteiger partial charge in [-0.15, -0.1) is 0 Å². The number of rotatable bonds is 6. The van der Waals surface area contributed by atoms with E-state index < -0.39 is 12.4 Å². The number of hydrogen-bond acceptors (Lipinski definition) is 1. The monoisotopic (exact) mass is 323 g/mol. The summed E-state index contributed by atoms with van der Waals surface area (Å²) in [4.78, 5) is 1.47. The van der Waals surface area contributed by atoms with Crippen LogP contribution in [0, 0.1) is 0 Å². The Balaban J connectivity index is 2.68. The maximum atomic E-state index is 12.1. The van der Waals surface area contributed by atoms with Crippen molar-refractivity contribution in [2.24, 2.45) is 0 Å². The third kappa shape index (κ3) is 9.23. The highest BCUT2D eigenvalue weighted by atomic mass is 19.4. The topological polar surface area (TPSA) is 3.24 Å². The molecule has 1 nitrogen and oxygen atoms in total. The molecule has 22 heavy (non-hydrogen) atoms. The number of alkyl halides is 6. The van der Waals surface area contributed by atoms with Gasteiger partial charge in [-0.1, -0.05) is 42.5 Å². The number of halogens is 6. The van der Waals surface area contributed by atoms with Crippen LogP contribution in [0.4, 0.5) is 26.3 Å². The lowest BCUT2D eigenvalue weighted by atomic mass is 10.2. The molecule has 0 amide bonds. The summed E-state index contributed by atoms with van der Waals surface area (Å²) in [5, 5.41) is 0. The van der Waals surface area contributed by atoms with E-state index in [-0.39, 0.29) is 31.8 Å². The van der Waals surface area contributed by atoms with Gasteiger partial charge in [0.2, 0.25) is 0 Å². The van der Waals surface area contributed by atoms with E-state index in [0.717, 1.165) is 17.7 Å².